The molecule has 0 aliphatic carbocycles. The molecule has 134 valence electrons. The van der Waals surface area contributed by atoms with Crippen molar-refractivity contribution in [3.8, 4) is 5.75 Å². The van der Waals surface area contributed by atoms with Crippen LogP contribution in [-0.2, 0) is 9.59 Å². The molecule has 2 N–H and O–H groups in total. The Morgan fingerprint density at radius 3 is 2.29 bits per heavy atom. The van der Waals surface area contributed by atoms with Crippen LogP contribution in [0.5, 0.6) is 5.75 Å². The van der Waals surface area contributed by atoms with Crippen molar-refractivity contribution in [3.63, 3.8) is 0 Å². The number of benzene rings is 1. The van der Waals surface area contributed by atoms with Crippen LogP contribution in [-0.4, -0.2) is 25.5 Å². The van der Waals surface area contributed by atoms with Gasteiger partial charge in [-0.25, -0.2) is 0 Å². The van der Waals surface area contributed by atoms with E-state index in [2.05, 4.69) is 10.6 Å². The zero-order valence-corrected chi connectivity index (χ0v) is 15.4. The first-order valence-electron chi connectivity index (χ1n) is 8.49. The third-order valence-corrected chi connectivity index (χ3v) is 3.81. The van der Waals surface area contributed by atoms with Gasteiger partial charge in [0, 0.05) is 18.4 Å². The van der Waals surface area contributed by atoms with Crippen LogP contribution in [0.4, 0.5) is 0 Å². The Labute approximate surface area is 145 Å². The van der Waals surface area contributed by atoms with Crippen LogP contribution in [0.3, 0.4) is 0 Å². The molecule has 24 heavy (non-hydrogen) atoms. The summed E-state index contributed by atoms with van der Waals surface area (Å²) in [6.45, 7) is 8.17. The van der Waals surface area contributed by atoms with Crippen molar-refractivity contribution in [2.75, 3.05) is 13.7 Å². The molecular formula is C19H30N2O3. The Bertz CT molecular complexity index is 533. The van der Waals surface area contributed by atoms with Crippen LogP contribution < -0.4 is 15.4 Å². The highest BCUT2D eigenvalue weighted by Crippen LogP contribution is 2.20. The van der Waals surface area contributed by atoms with Crippen molar-refractivity contribution in [2.24, 2.45) is 5.41 Å². The molecule has 0 saturated carbocycles. The second-order valence-electron chi connectivity index (χ2n) is 6.91. The molecule has 5 heteroatoms. The number of carbonyl (C=O) groups excluding carboxylic acids is 2. The van der Waals surface area contributed by atoms with E-state index in [0.29, 0.717) is 19.4 Å². The second-order valence-corrected chi connectivity index (χ2v) is 6.91. The van der Waals surface area contributed by atoms with Gasteiger partial charge in [0.15, 0.2) is 0 Å². The van der Waals surface area contributed by atoms with Crippen LogP contribution in [0.25, 0.3) is 0 Å². The Morgan fingerprint density at radius 2 is 1.79 bits per heavy atom. The first kappa shape index (κ1) is 20.0. The fourth-order valence-electron chi connectivity index (χ4n) is 2.24. The van der Waals surface area contributed by atoms with Crippen molar-refractivity contribution in [1.82, 2.24) is 10.6 Å². The molecule has 0 spiro atoms. The summed E-state index contributed by atoms with van der Waals surface area (Å²) in [6.07, 6.45) is 1.85. The molecule has 1 aromatic carbocycles. The summed E-state index contributed by atoms with van der Waals surface area (Å²) in [7, 11) is 1.63. The molecule has 0 heterocycles. The molecule has 0 bridgehead atoms. The molecule has 0 aromatic heterocycles. The average Bonchev–Trinajstić information content (AvgIpc) is 2.55. The maximum Gasteiger partial charge on any atom is 0.225 e. The molecule has 0 radical (unpaired) electrons. The van der Waals surface area contributed by atoms with Gasteiger partial charge in [0.25, 0.3) is 0 Å². The first-order chi connectivity index (χ1) is 11.3. The van der Waals surface area contributed by atoms with E-state index in [0.717, 1.165) is 17.7 Å². The molecule has 1 rings (SSSR count). The minimum atomic E-state index is -0.399. The molecule has 0 unspecified atom stereocenters. The van der Waals surface area contributed by atoms with E-state index in [4.69, 9.17) is 4.74 Å². The Morgan fingerprint density at radius 1 is 1.17 bits per heavy atom. The first-order valence-corrected chi connectivity index (χ1v) is 8.49. The lowest BCUT2D eigenvalue weighted by Gasteiger charge is -2.19. The van der Waals surface area contributed by atoms with Gasteiger partial charge >= 0.3 is 0 Å². The Balaban J connectivity index is 2.40. The summed E-state index contributed by atoms with van der Waals surface area (Å²) in [6, 6.07) is 7.72. The minimum Gasteiger partial charge on any atom is -0.497 e. The molecule has 5 nitrogen and oxygen atoms in total. The van der Waals surface area contributed by atoms with Crippen LogP contribution in [0.15, 0.2) is 24.3 Å². The van der Waals surface area contributed by atoms with Crippen LogP contribution in [0, 0.1) is 5.41 Å². The maximum atomic E-state index is 12.1. The van der Waals surface area contributed by atoms with Gasteiger partial charge in [0.1, 0.15) is 5.75 Å². The fourth-order valence-corrected chi connectivity index (χ4v) is 2.24. The molecule has 1 atom stereocenters. The number of carbonyl (C=O) groups is 2. The van der Waals surface area contributed by atoms with Gasteiger partial charge in [-0.2, -0.15) is 0 Å². The number of nitrogens with one attached hydrogen (secondary N) is 2. The molecule has 2 amide bonds. The smallest absolute Gasteiger partial charge is 0.225 e. The van der Waals surface area contributed by atoms with E-state index in [1.165, 1.54) is 0 Å². The molecular weight excluding hydrogens is 304 g/mol. The number of hydrogen-bond acceptors (Lipinski definition) is 3. The summed E-state index contributed by atoms with van der Waals surface area (Å²) >= 11 is 0. The van der Waals surface area contributed by atoms with Crippen LogP contribution in [0.2, 0.25) is 0 Å². The van der Waals surface area contributed by atoms with Crippen molar-refractivity contribution in [2.45, 2.75) is 53.0 Å². The summed E-state index contributed by atoms with van der Waals surface area (Å²) in [4.78, 5) is 23.9. The van der Waals surface area contributed by atoms with Crippen LogP contribution in [0.1, 0.15) is 58.6 Å². The largest absolute Gasteiger partial charge is 0.497 e. The van der Waals surface area contributed by atoms with Gasteiger partial charge in [0.2, 0.25) is 11.8 Å². The predicted molar refractivity (Wildman–Crippen MR) is 95.9 cm³/mol. The normalized spacial score (nSPS) is 12.4. The molecule has 0 aliphatic rings. The lowest BCUT2D eigenvalue weighted by molar-refractivity contribution is -0.128. The molecule has 0 saturated heterocycles. The lowest BCUT2D eigenvalue weighted by Crippen LogP contribution is -2.36. The van der Waals surface area contributed by atoms with Gasteiger partial charge in [-0.3, -0.25) is 9.59 Å². The van der Waals surface area contributed by atoms with E-state index < -0.39 is 5.41 Å². The van der Waals surface area contributed by atoms with Gasteiger partial charge < -0.3 is 15.4 Å². The number of hydrogen-bond donors (Lipinski definition) is 2. The summed E-state index contributed by atoms with van der Waals surface area (Å²) in [5, 5.41) is 5.90. The van der Waals surface area contributed by atoms with Crippen molar-refractivity contribution in [1.29, 1.82) is 0 Å². The lowest BCUT2D eigenvalue weighted by atomic mass is 9.96. The van der Waals surface area contributed by atoms with E-state index in [-0.39, 0.29) is 17.9 Å². The van der Waals surface area contributed by atoms with Gasteiger partial charge in [-0.1, -0.05) is 39.8 Å². The number of ether oxygens (including phenoxy) is 1. The Hall–Kier alpha value is -2.04. The van der Waals surface area contributed by atoms with E-state index >= 15 is 0 Å². The zero-order valence-electron chi connectivity index (χ0n) is 15.4. The quantitative estimate of drug-likeness (QED) is 0.717. The van der Waals surface area contributed by atoms with E-state index in [9.17, 15) is 9.59 Å². The number of methoxy groups -OCH3 is 1. The zero-order chi connectivity index (χ0) is 18.2. The van der Waals surface area contributed by atoms with Gasteiger partial charge in [0.05, 0.1) is 13.2 Å². The standard InChI is InChI=1S/C19H30N2O3/c1-6-16(14-9-11-15(24-5)12-10-14)21-17(22)8-7-13-20-18(23)19(2,3)4/h9-12,16H,6-8,13H2,1-5H3,(H,20,23)(H,21,22)/t16-/m0/s1. The highest BCUT2D eigenvalue weighted by atomic mass is 16.5. The van der Waals surface area contributed by atoms with Gasteiger partial charge in [-0.15, -0.1) is 0 Å². The summed E-state index contributed by atoms with van der Waals surface area (Å²) in [5.41, 5.74) is 0.664. The minimum absolute atomic E-state index is 0.00248. The third-order valence-electron chi connectivity index (χ3n) is 3.81. The Kier molecular flexibility index (Phi) is 7.75. The highest BCUT2D eigenvalue weighted by Gasteiger charge is 2.20. The average molecular weight is 334 g/mol. The van der Waals surface area contributed by atoms with Gasteiger partial charge in [-0.05, 0) is 30.5 Å². The molecule has 0 fully saturated rings. The van der Waals surface area contributed by atoms with E-state index in [1.54, 1.807) is 7.11 Å². The van der Waals surface area contributed by atoms with Crippen molar-refractivity contribution >= 4 is 11.8 Å². The fraction of sp³-hybridized carbons (Fsp3) is 0.579. The third kappa shape index (κ3) is 6.60. The number of amides is 2. The summed E-state index contributed by atoms with van der Waals surface area (Å²) in [5.74, 6) is 0.810. The molecule has 1 aromatic rings. The predicted octanol–water partition coefficient (Wildman–Crippen LogP) is 3.21. The topological polar surface area (TPSA) is 67.4 Å². The van der Waals surface area contributed by atoms with Crippen LogP contribution >= 0.6 is 0 Å². The highest BCUT2D eigenvalue weighted by molar-refractivity contribution is 5.81. The maximum absolute atomic E-state index is 12.1. The molecule has 0 aliphatic heterocycles. The SMILES string of the molecule is CC[C@H](NC(=O)CCCNC(=O)C(C)(C)C)c1ccc(OC)cc1. The van der Waals surface area contributed by atoms with Crippen molar-refractivity contribution in [3.05, 3.63) is 29.8 Å². The number of rotatable bonds is 8. The second kappa shape index (κ2) is 9.30. The van der Waals surface area contributed by atoms with E-state index in [1.807, 2.05) is 52.0 Å². The monoisotopic (exact) mass is 334 g/mol. The summed E-state index contributed by atoms with van der Waals surface area (Å²) < 4.78 is 5.15. The van der Waals surface area contributed by atoms with Crippen molar-refractivity contribution < 1.29 is 14.3 Å².